The normalized spacial score (nSPS) is 11.2. The first-order chi connectivity index (χ1) is 12.4. The number of hydrogen-bond acceptors (Lipinski definition) is 4. The average Bonchev–Trinajstić information content (AvgIpc) is 2.62. The molecule has 6 nitrogen and oxygen atoms in total. The molecular formula is C19H24N2O4S. The minimum absolute atomic E-state index is 0.0832. The lowest BCUT2D eigenvalue weighted by Crippen LogP contribution is -2.27. The smallest absolute Gasteiger partial charge is 0.251 e. The molecule has 0 unspecified atom stereocenters. The maximum atomic E-state index is 12.5. The van der Waals surface area contributed by atoms with Gasteiger partial charge in [0.1, 0.15) is 5.75 Å². The van der Waals surface area contributed by atoms with Gasteiger partial charge < -0.3 is 10.1 Å². The summed E-state index contributed by atoms with van der Waals surface area (Å²) in [7, 11) is -1.99. The van der Waals surface area contributed by atoms with Crippen LogP contribution in [0.15, 0.2) is 47.4 Å². The Hall–Kier alpha value is -2.38. The molecule has 0 saturated carbocycles. The summed E-state index contributed by atoms with van der Waals surface area (Å²) in [6, 6.07) is 12.2. The van der Waals surface area contributed by atoms with Crippen LogP contribution in [0.4, 0.5) is 0 Å². The van der Waals surface area contributed by atoms with E-state index in [1.165, 1.54) is 12.1 Å². The number of benzene rings is 2. The molecule has 0 aromatic heterocycles. The first-order valence-electron chi connectivity index (χ1n) is 8.39. The quantitative estimate of drug-likeness (QED) is 0.740. The van der Waals surface area contributed by atoms with E-state index >= 15 is 0 Å². The van der Waals surface area contributed by atoms with Crippen LogP contribution in [-0.2, 0) is 16.4 Å². The van der Waals surface area contributed by atoms with Crippen LogP contribution < -0.4 is 14.8 Å². The number of sulfonamides is 1. The van der Waals surface area contributed by atoms with Crippen molar-refractivity contribution in [1.82, 2.24) is 10.0 Å². The molecule has 0 aliphatic heterocycles. The van der Waals surface area contributed by atoms with Gasteiger partial charge in [0.25, 0.3) is 5.91 Å². The largest absolute Gasteiger partial charge is 0.496 e. The number of rotatable bonds is 8. The molecule has 0 aliphatic carbocycles. The highest BCUT2D eigenvalue weighted by Crippen LogP contribution is 2.18. The molecule has 0 aliphatic rings. The summed E-state index contributed by atoms with van der Waals surface area (Å²) >= 11 is 0. The lowest BCUT2D eigenvalue weighted by atomic mass is 10.1. The number of carbonyl (C=O) groups excluding carboxylic acids is 1. The summed E-state index contributed by atoms with van der Waals surface area (Å²) in [4.78, 5) is 12.6. The van der Waals surface area contributed by atoms with E-state index in [0.29, 0.717) is 18.5 Å². The van der Waals surface area contributed by atoms with Gasteiger partial charge >= 0.3 is 0 Å². The molecule has 2 aromatic carbocycles. The molecule has 7 heteroatoms. The number of methoxy groups -OCH3 is 1. The van der Waals surface area contributed by atoms with E-state index in [-0.39, 0.29) is 17.3 Å². The third-order valence-corrected chi connectivity index (χ3v) is 5.51. The predicted molar refractivity (Wildman–Crippen MR) is 101 cm³/mol. The van der Waals surface area contributed by atoms with Crippen molar-refractivity contribution in [2.45, 2.75) is 25.2 Å². The number of para-hydroxylation sites is 1. The molecule has 0 atom stereocenters. The molecule has 2 aromatic rings. The van der Waals surface area contributed by atoms with Gasteiger partial charge in [-0.1, -0.05) is 31.2 Å². The van der Waals surface area contributed by atoms with Crippen molar-refractivity contribution >= 4 is 15.9 Å². The Morgan fingerprint density at radius 3 is 2.58 bits per heavy atom. The zero-order valence-corrected chi connectivity index (χ0v) is 16.0. The highest BCUT2D eigenvalue weighted by Gasteiger charge is 2.17. The second kappa shape index (κ2) is 8.82. The van der Waals surface area contributed by atoms with Crippen LogP contribution in [0.1, 0.15) is 28.4 Å². The second-order valence-electron chi connectivity index (χ2n) is 5.80. The second-order valence-corrected chi connectivity index (χ2v) is 7.56. The molecule has 2 rings (SSSR count). The van der Waals surface area contributed by atoms with Crippen molar-refractivity contribution in [3.8, 4) is 5.75 Å². The van der Waals surface area contributed by atoms with E-state index in [1.54, 1.807) is 27.0 Å². The van der Waals surface area contributed by atoms with Gasteiger partial charge in [0.2, 0.25) is 10.0 Å². The monoisotopic (exact) mass is 376 g/mol. The van der Waals surface area contributed by atoms with Crippen molar-refractivity contribution in [2.24, 2.45) is 0 Å². The maximum absolute atomic E-state index is 12.5. The average molecular weight is 376 g/mol. The summed E-state index contributed by atoms with van der Waals surface area (Å²) in [6.07, 6.45) is 0.615. The van der Waals surface area contributed by atoms with Gasteiger partial charge in [-0.15, -0.1) is 0 Å². The topological polar surface area (TPSA) is 84.5 Å². The van der Waals surface area contributed by atoms with Gasteiger partial charge in [-0.2, -0.15) is 0 Å². The molecule has 1 amide bonds. The third-order valence-electron chi connectivity index (χ3n) is 3.97. The Morgan fingerprint density at radius 2 is 1.88 bits per heavy atom. The van der Waals surface area contributed by atoms with Crippen molar-refractivity contribution in [1.29, 1.82) is 0 Å². The molecule has 0 spiro atoms. The fourth-order valence-corrected chi connectivity index (χ4v) is 3.67. The molecule has 0 heterocycles. The van der Waals surface area contributed by atoms with Crippen LogP contribution in [0.5, 0.6) is 5.75 Å². The van der Waals surface area contributed by atoms with E-state index in [2.05, 4.69) is 10.0 Å². The Bertz CT molecular complexity index is 879. The number of amides is 1. The predicted octanol–water partition coefficient (Wildman–Crippen LogP) is 2.27. The van der Waals surface area contributed by atoms with Gasteiger partial charge in [-0.3, -0.25) is 4.79 Å². The molecular weight excluding hydrogens is 352 g/mol. The SMILES string of the molecule is CCNS(=O)(=O)c1ccc(C)c(C(=O)NCCc2ccccc2OC)c1. The standard InChI is InChI=1S/C19H24N2O4S/c1-4-21-26(23,24)16-10-9-14(2)17(13-16)19(22)20-12-11-15-7-5-6-8-18(15)25-3/h5-10,13,21H,4,11-12H2,1-3H3,(H,20,22). The van der Waals surface area contributed by atoms with Crippen LogP contribution in [0, 0.1) is 6.92 Å². The molecule has 0 saturated heterocycles. The lowest BCUT2D eigenvalue weighted by molar-refractivity contribution is 0.0953. The molecule has 0 radical (unpaired) electrons. The maximum Gasteiger partial charge on any atom is 0.251 e. The van der Waals surface area contributed by atoms with Gasteiger partial charge in [-0.25, -0.2) is 13.1 Å². The van der Waals surface area contributed by atoms with Crippen LogP contribution in [0.2, 0.25) is 0 Å². The van der Waals surface area contributed by atoms with Crippen molar-refractivity contribution in [3.63, 3.8) is 0 Å². The summed E-state index contributed by atoms with van der Waals surface area (Å²) in [5, 5.41) is 2.84. The molecule has 26 heavy (non-hydrogen) atoms. The first-order valence-corrected chi connectivity index (χ1v) is 9.87. The van der Waals surface area contributed by atoms with Gasteiger partial charge in [0.05, 0.1) is 12.0 Å². The van der Waals surface area contributed by atoms with E-state index < -0.39 is 10.0 Å². The van der Waals surface area contributed by atoms with Crippen LogP contribution in [0.3, 0.4) is 0 Å². The van der Waals surface area contributed by atoms with Crippen LogP contribution in [-0.4, -0.2) is 34.5 Å². The van der Waals surface area contributed by atoms with Crippen LogP contribution in [0.25, 0.3) is 0 Å². The number of carbonyl (C=O) groups is 1. The van der Waals surface area contributed by atoms with Crippen molar-refractivity contribution < 1.29 is 17.9 Å². The summed E-state index contributed by atoms with van der Waals surface area (Å²) in [5.74, 6) is 0.475. The summed E-state index contributed by atoms with van der Waals surface area (Å²) in [6.45, 7) is 4.19. The van der Waals surface area contributed by atoms with E-state index in [9.17, 15) is 13.2 Å². The molecule has 0 fully saturated rings. The Balaban J connectivity index is 2.10. The fraction of sp³-hybridized carbons (Fsp3) is 0.316. The molecule has 2 N–H and O–H groups in total. The van der Waals surface area contributed by atoms with E-state index in [0.717, 1.165) is 16.9 Å². The summed E-state index contributed by atoms with van der Waals surface area (Å²) in [5.41, 5.74) is 2.06. The number of hydrogen-bond donors (Lipinski definition) is 2. The van der Waals surface area contributed by atoms with E-state index in [4.69, 9.17) is 4.74 Å². The van der Waals surface area contributed by atoms with Gasteiger partial charge in [0.15, 0.2) is 0 Å². The lowest BCUT2D eigenvalue weighted by Gasteiger charge is -2.12. The minimum atomic E-state index is -3.60. The fourth-order valence-electron chi connectivity index (χ4n) is 2.60. The Kier molecular flexibility index (Phi) is 6.76. The molecule has 0 bridgehead atoms. The first kappa shape index (κ1) is 19.9. The Labute approximate surface area is 154 Å². The van der Waals surface area contributed by atoms with E-state index in [1.807, 2.05) is 24.3 Å². The number of ether oxygens (including phenoxy) is 1. The zero-order chi connectivity index (χ0) is 19.2. The van der Waals surface area contributed by atoms with Crippen LogP contribution >= 0.6 is 0 Å². The highest BCUT2D eigenvalue weighted by atomic mass is 32.2. The highest BCUT2D eigenvalue weighted by molar-refractivity contribution is 7.89. The van der Waals surface area contributed by atoms with Crippen molar-refractivity contribution in [3.05, 3.63) is 59.2 Å². The number of aryl methyl sites for hydroxylation is 1. The van der Waals surface area contributed by atoms with Gasteiger partial charge in [-0.05, 0) is 42.7 Å². The summed E-state index contributed by atoms with van der Waals surface area (Å²) < 4.78 is 32.0. The minimum Gasteiger partial charge on any atom is -0.496 e. The Morgan fingerprint density at radius 1 is 1.15 bits per heavy atom. The van der Waals surface area contributed by atoms with Crippen molar-refractivity contribution in [2.75, 3.05) is 20.2 Å². The zero-order valence-electron chi connectivity index (χ0n) is 15.2. The van der Waals surface area contributed by atoms with Gasteiger partial charge in [0, 0.05) is 18.7 Å². The third kappa shape index (κ3) is 4.83. The number of nitrogens with one attached hydrogen (secondary N) is 2. The molecule has 140 valence electrons.